The highest BCUT2D eigenvalue weighted by atomic mass is 16.3. The fraction of sp³-hybridized carbons (Fsp3) is 0.138. The van der Waals surface area contributed by atoms with Gasteiger partial charge in [0.15, 0.2) is 0 Å². The molecule has 2 aliphatic rings. The smallest absolute Gasteiger partial charge is 0.333 e. The molecule has 0 saturated carbocycles. The second-order valence-electron chi connectivity index (χ2n) is 21.8. The van der Waals surface area contributed by atoms with Crippen molar-refractivity contribution >= 4 is 100 Å². The maximum absolute atomic E-state index is 7.09. The number of anilines is 3. The Morgan fingerprint density at radius 1 is 0.478 bits per heavy atom. The number of aromatic nitrogens is 1. The topological polar surface area (TPSA) is 21.3 Å². The monoisotopic (exact) mass is 886 g/mol. The van der Waals surface area contributed by atoms with E-state index in [1.165, 1.54) is 115 Å². The Balaban J connectivity index is 1.21. The molecule has 0 spiro atoms. The van der Waals surface area contributed by atoms with E-state index in [1.54, 1.807) is 0 Å². The van der Waals surface area contributed by atoms with Crippen LogP contribution in [-0.4, -0.2) is 11.3 Å². The Kier molecular flexibility index (Phi) is 8.24. The summed E-state index contributed by atoms with van der Waals surface area (Å²) in [6, 6.07) is 68.5. The second kappa shape index (κ2) is 14.1. The molecule has 0 fully saturated rings. The number of fused-ring (bicyclic) bond motifs is 13. The van der Waals surface area contributed by atoms with Crippen LogP contribution in [0.25, 0.3) is 98.7 Å². The van der Waals surface area contributed by atoms with Crippen molar-refractivity contribution in [3.05, 3.63) is 199 Å². The van der Waals surface area contributed by atoms with Gasteiger partial charge in [-0.15, -0.1) is 0 Å². The Labute approximate surface area is 403 Å². The van der Waals surface area contributed by atoms with E-state index in [0.29, 0.717) is 0 Å². The third-order valence-electron chi connectivity index (χ3n) is 15.5. The SMILES string of the molecule is Cc1c2c(cc3cc4ccccc4cc13)B1c3c(cc4oc5ccccc5c4c3-c3cc(C(C)(C)C)cc4c5cc(C(C)(C)C)ccc5n1c34)N2c1cc(-c2ccccc2)cc(-c2ccccc2)c1. The lowest BCUT2D eigenvalue weighted by Gasteiger charge is -2.42. The highest BCUT2D eigenvalue weighted by molar-refractivity contribution is 6.90. The van der Waals surface area contributed by atoms with Crippen molar-refractivity contribution in [2.45, 2.75) is 59.3 Å². The van der Waals surface area contributed by atoms with Gasteiger partial charge in [0.2, 0.25) is 0 Å². The molecule has 3 nitrogen and oxygen atoms in total. The molecule has 2 aromatic heterocycles. The number of rotatable bonds is 3. The average Bonchev–Trinajstić information content (AvgIpc) is 3.90. The van der Waals surface area contributed by atoms with Gasteiger partial charge in [0.05, 0.1) is 0 Å². The minimum absolute atomic E-state index is 0.0190. The summed E-state index contributed by atoms with van der Waals surface area (Å²) in [7, 11) is 0. The fourth-order valence-electron chi connectivity index (χ4n) is 12.1. The molecular weight excluding hydrogens is 836 g/mol. The summed E-state index contributed by atoms with van der Waals surface area (Å²) in [5, 5.41) is 9.96. The molecule has 4 heterocycles. The molecule has 4 heteroatoms. The van der Waals surface area contributed by atoms with E-state index in [0.717, 1.165) is 27.9 Å². The summed E-state index contributed by atoms with van der Waals surface area (Å²) in [5.74, 6) is 0. The van der Waals surface area contributed by atoms with Crippen LogP contribution in [0.1, 0.15) is 58.2 Å². The predicted molar refractivity (Wildman–Crippen MR) is 295 cm³/mol. The number of nitrogens with zero attached hydrogens (tertiary/aromatic N) is 2. The van der Waals surface area contributed by atoms with Crippen molar-refractivity contribution in [3.63, 3.8) is 0 Å². The number of aryl methyl sites for hydroxylation is 1. The molecule has 0 unspecified atom stereocenters. The largest absolute Gasteiger partial charge is 0.456 e. The van der Waals surface area contributed by atoms with E-state index in [1.807, 2.05) is 0 Å². The summed E-state index contributed by atoms with van der Waals surface area (Å²) in [6.45, 7) is 16.3. The number of hydrogen-bond acceptors (Lipinski definition) is 2. The van der Waals surface area contributed by atoms with Crippen LogP contribution in [0.4, 0.5) is 17.1 Å². The van der Waals surface area contributed by atoms with Gasteiger partial charge >= 0.3 is 6.85 Å². The van der Waals surface area contributed by atoms with Crippen molar-refractivity contribution < 1.29 is 4.42 Å². The maximum atomic E-state index is 7.09. The lowest BCUT2D eigenvalue weighted by molar-refractivity contribution is 0.590. The normalized spacial score (nSPS) is 13.4. The van der Waals surface area contributed by atoms with Crippen LogP contribution in [0, 0.1) is 6.92 Å². The van der Waals surface area contributed by atoms with Gasteiger partial charge in [-0.1, -0.05) is 157 Å². The zero-order chi connectivity index (χ0) is 46.7. The van der Waals surface area contributed by atoms with Crippen LogP contribution in [0.5, 0.6) is 0 Å². The molecule has 12 aromatic rings. The third kappa shape index (κ3) is 5.82. The highest BCUT2D eigenvalue weighted by Gasteiger charge is 2.45. The van der Waals surface area contributed by atoms with Crippen LogP contribution in [0.15, 0.2) is 186 Å². The van der Waals surface area contributed by atoms with Crippen LogP contribution >= 0.6 is 0 Å². The summed E-state index contributed by atoms with van der Waals surface area (Å²) in [5.41, 5.74) is 21.5. The molecule has 69 heavy (non-hydrogen) atoms. The predicted octanol–water partition coefficient (Wildman–Crippen LogP) is 16.7. The Morgan fingerprint density at radius 2 is 1.12 bits per heavy atom. The average molecular weight is 887 g/mol. The zero-order valence-corrected chi connectivity index (χ0v) is 40.2. The van der Waals surface area contributed by atoms with Gasteiger partial charge in [-0.25, -0.2) is 0 Å². The van der Waals surface area contributed by atoms with E-state index in [9.17, 15) is 0 Å². The molecule has 0 atom stereocenters. The van der Waals surface area contributed by atoms with Crippen molar-refractivity contribution in [1.29, 1.82) is 0 Å². The van der Waals surface area contributed by atoms with Gasteiger partial charge in [0.25, 0.3) is 0 Å². The van der Waals surface area contributed by atoms with Gasteiger partial charge < -0.3 is 13.8 Å². The zero-order valence-electron chi connectivity index (χ0n) is 40.2. The third-order valence-corrected chi connectivity index (χ3v) is 15.5. The summed E-state index contributed by atoms with van der Waals surface area (Å²) in [4.78, 5) is 2.61. The first-order valence-corrected chi connectivity index (χ1v) is 24.5. The van der Waals surface area contributed by atoms with E-state index in [2.05, 4.69) is 240 Å². The minimum atomic E-state index is -0.145. The van der Waals surface area contributed by atoms with Gasteiger partial charge in [-0.05, 0) is 155 Å². The lowest BCUT2D eigenvalue weighted by Crippen LogP contribution is -2.57. The molecule has 0 saturated heterocycles. The number of hydrogen-bond donors (Lipinski definition) is 0. The van der Waals surface area contributed by atoms with E-state index >= 15 is 0 Å². The molecule has 2 aliphatic heterocycles. The fourth-order valence-corrected chi connectivity index (χ4v) is 12.1. The van der Waals surface area contributed by atoms with Crippen molar-refractivity contribution in [1.82, 2.24) is 4.48 Å². The minimum Gasteiger partial charge on any atom is -0.456 e. The Bertz CT molecular complexity index is 4100. The first-order chi connectivity index (χ1) is 33.4. The van der Waals surface area contributed by atoms with E-state index < -0.39 is 0 Å². The van der Waals surface area contributed by atoms with Crippen LogP contribution < -0.4 is 15.8 Å². The van der Waals surface area contributed by atoms with Crippen molar-refractivity contribution in [2.75, 3.05) is 4.90 Å². The quantitative estimate of drug-likeness (QED) is 0.130. The van der Waals surface area contributed by atoms with Gasteiger partial charge in [-0.3, -0.25) is 0 Å². The molecule has 0 amide bonds. The van der Waals surface area contributed by atoms with Crippen LogP contribution in [-0.2, 0) is 10.8 Å². The van der Waals surface area contributed by atoms with E-state index in [-0.39, 0.29) is 17.7 Å². The highest BCUT2D eigenvalue weighted by Crippen LogP contribution is 2.52. The molecule has 330 valence electrons. The van der Waals surface area contributed by atoms with Gasteiger partial charge in [0.1, 0.15) is 11.2 Å². The molecule has 0 bridgehead atoms. The summed E-state index contributed by atoms with van der Waals surface area (Å²) in [6.07, 6.45) is 0. The standard InChI is InChI=1S/C65H51BN2O/c1-38-50-32-42-23-15-14-22-41(42)28-45(50)33-54-62(38)67(48-30-43(39-18-10-8-11-19-39)29-44(31-48)40-20-12-9-13-21-40)56-37-58-59(49-24-16-17-25-57(49)69-58)60-53-36-47(65(5,6)7)35-52-51-34-46(64(2,3)4)26-27-55(51)68(63(52)53)66(54)61(56)60/h8-37H,1-7H3. The van der Waals surface area contributed by atoms with E-state index in [4.69, 9.17) is 4.42 Å². The first-order valence-electron chi connectivity index (χ1n) is 24.5. The van der Waals surface area contributed by atoms with Crippen LogP contribution in [0.2, 0.25) is 0 Å². The van der Waals surface area contributed by atoms with Crippen molar-refractivity contribution in [2.24, 2.45) is 0 Å². The molecule has 0 N–H and O–H groups in total. The molecule has 0 aliphatic carbocycles. The molecule has 10 aromatic carbocycles. The van der Waals surface area contributed by atoms with Crippen LogP contribution in [0.3, 0.4) is 0 Å². The van der Waals surface area contributed by atoms with Crippen molar-refractivity contribution in [3.8, 4) is 33.4 Å². The molecule has 14 rings (SSSR count). The van der Waals surface area contributed by atoms with Gasteiger partial charge in [0, 0.05) is 61.3 Å². The van der Waals surface area contributed by atoms with Gasteiger partial charge in [-0.2, -0.15) is 0 Å². The molecular formula is C65H51BN2O. The second-order valence-corrected chi connectivity index (χ2v) is 21.8. The summed E-state index contributed by atoms with van der Waals surface area (Å²) < 4.78 is 9.82. The number of furan rings is 1. The molecule has 0 radical (unpaired) electrons. The number of para-hydroxylation sites is 1. The summed E-state index contributed by atoms with van der Waals surface area (Å²) >= 11 is 0. The first kappa shape index (κ1) is 40.3. The number of benzene rings is 10. The Morgan fingerprint density at radius 3 is 1.81 bits per heavy atom. The lowest BCUT2D eigenvalue weighted by atomic mass is 9.44. The maximum Gasteiger partial charge on any atom is 0.333 e. The Hall–Kier alpha value is -7.82.